The van der Waals surface area contributed by atoms with Crippen LogP contribution in [0.15, 0.2) is 88.8 Å². The molecule has 0 radical (unpaired) electrons. The van der Waals surface area contributed by atoms with Gasteiger partial charge in [-0.15, -0.1) is 0 Å². The summed E-state index contributed by atoms with van der Waals surface area (Å²) in [5.74, 6) is 1.41. The summed E-state index contributed by atoms with van der Waals surface area (Å²) in [7, 11) is 1.66. The largest absolute Gasteiger partial charge is 0.495 e. The molecule has 1 saturated carbocycles. The van der Waals surface area contributed by atoms with Gasteiger partial charge >= 0.3 is 0 Å². The zero-order valence-corrected chi connectivity index (χ0v) is 21.4. The molecular weight excluding hydrogens is 464 g/mol. The molecule has 0 amide bonds. The van der Waals surface area contributed by atoms with Crippen LogP contribution in [0.25, 0.3) is 16.9 Å². The van der Waals surface area contributed by atoms with Crippen LogP contribution in [0.4, 0.5) is 0 Å². The van der Waals surface area contributed by atoms with E-state index in [9.17, 15) is 4.79 Å². The lowest BCUT2D eigenvalue weighted by Gasteiger charge is -2.42. The Morgan fingerprint density at radius 2 is 1.64 bits per heavy atom. The molecule has 2 aliphatic rings. The molecule has 1 heterocycles. The third-order valence-electron chi connectivity index (χ3n) is 7.73. The number of aromatic nitrogens is 2. The van der Waals surface area contributed by atoms with Gasteiger partial charge in [-0.05, 0) is 42.5 Å². The van der Waals surface area contributed by atoms with E-state index in [0.29, 0.717) is 10.9 Å². The normalized spacial score (nSPS) is 15.8. The highest BCUT2D eigenvalue weighted by molar-refractivity contribution is 7.98. The van der Waals surface area contributed by atoms with Crippen molar-refractivity contribution in [3.8, 4) is 22.7 Å². The molecule has 0 bridgehead atoms. The summed E-state index contributed by atoms with van der Waals surface area (Å²) in [6.07, 6.45) is 6.52. The van der Waals surface area contributed by atoms with Crippen LogP contribution < -0.4 is 10.3 Å². The van der Waals surface area contributed by atoms with Crippen LogP contribution in [0.2, 0.25) is 0 Å². The van der Waals surface area contributed by atoms with Gasteiger partial charge in [0.15, 0.2) is 5.16 Å². The van der Waals surface area contributed by atoms with E-state index >= 15 is 0 Å². The summed E-state index contributed by atoms with van der Waals surface area (Å²) in [6.45, 7) is 0. The average Bonchev–Trinajstić information content (AvgIpc) is 2.93. The molecule has 1 spiro atoms. The van der Waals surface area contributed by atoms with Gasteiger partial charge in [0.25, 0.3) is 5.56 Å². The number of hydrogen-bond acceptors (Lipinski definition) is 4. The van der Waals surface area contributed by atoms with Crippen molar-refractivity contribution in [3.05, 3.63) is 106 Å². The van der Waals surface area contributed by atoms with Crippen molar-refractivity contribution >= 4 is 11.8 Å². The highest BCUT2D eigenvalue weighted by atomic mass is 32.2. The second-order valence-electron chi connectivity index (χ2n) is 9.88. The van der Waals surface area contributed by atoms with Crippen LogP contribution in [-0.2, 0) is 17.6 Å². The Morgan fingerprint density at radius 3 is 2.44 bits per heavy atom. The standard InChI is InChI=1S/C31H30N2O2S/c1-35-26-17-9-8-16-25(26)33-29(34)27-28(32-30(33)36-21-22-12-4-2-5-13-22)24-15-7-6-14-23(24)20-31(27)18-10-3-11-19-31/h2,4-9,12-17H,3,10-11,18-21H2,1H3. The van der Waals surface area contributed by atoms with E-state index in [2.05, 4.69) is 36.4 Å². The van der Waals surface area contributed by atoms with Gasteiger partial charge in [0.2, 0.25) is 0 Å². The van der Waals surface area contributed by atoms with Crippen molar-refractivity contribution < 1.29 is 4.74 Å². The Hall–Kier alpha value is -3.31. The van der Waals surface area contributed by atoms with Crippen molar-refractivity contribution in [2.75, 3.05) is 7.11 Å². The minimum Gasteiger partial charge on any atom is -0.495 e. The molecule has 36 heavy (non-hydrogen) atoms. The predicted octanol–water partition coefficient (Wildman–Crippen LogP) is 6.96. The summed E-state index contributed by atoms with van der Waals surface area (Å²) in [4.78, 5) is 20.0. The molecule has 4 nitrogen and oxygen atoms in total. The zero-order valence-electron chi connectivity index (χ0n) is 20.6. The van der Waals surface area contributed by atoms with Crippen LogP contribution >= 0.6 is 11.8 Å². The molecule has 6 rings (SSSR count). The monoisotopic (exact) mass is 494 g/mol. The zero-order chi connectivity index (χ0) is 24.5. The number of para-hydroxylation sites is 2. The summed E-state index contributed by atoms with van der Waals surface area (Å²) in [5.41, 5.74) is 6.05. The van der Waals surface area contributed by atoms with Crippen LogP contribution in [0.3, 0.4) is 0 Å². The Kier molecular flexibility index (Phi) is 6.18. The van der Waals surface area contributed by atoms with Crippen molar-refractivity contribution in [1.29, 1.82) is 0 Å². The third-order valence-corrected chi connectivity index (χ3v) is 8.74. The molecule has 0 saturated heterocycles. The Balaban J connectivity index is 1.61. The van der Waals surface area contributed by atoms with Gasteiger partial charge in [0.1, 0.15) is 5.75 Å². The van der Waals surface area contributed by atoms with Crippen molar-refractivity contribution in [2.45, 2.75) is 54.8 Å². The maximum atomic E-state index is 14.7. The van der Waals surface area contributed by atoms with Gasteiger partial charge in [-0.3, -0.25) is 9.36 Å². The van der Waals surface area contributed by atoms with Crippen LogP contribution in [0, 0.1) is 0 Å². The number of hydrogen-bond donors (Lipinski definition) is 0. The third kappa shape index (κ3) is 3.96. The number of fused-ring (bicyclic) bond motifs is 4. The van der Waals surface area contributed by atoms with Crippen molar-refractivity contribution in [1.82, 2.24) is 9.55 Å². The molecule has 0 unspecified atom stereocenters. The second-order valence-corrected chi connectivity index (χ2v) is 10.8. The number of ether oxygens (including phenoxy) is 1. The van der Waals surface area contributed by atoms with Gasteiger partial charge in [-0.1, -0.05) is 97.8 Å². The SMILES string of the molecule is COc1ccccc1-n1c(SCc2ccccc2)nc2c(c1=O)C1(CCCCC1)Cc1ccccc1-2. The number of rotatable bonds is 5. The summed E-state index contributed by atoms with van der Waals surface area (Å²) in [5, 5.41) is 0.703. The van der Waals surface area contributed by atoms with E-state index in [-0.39, 0.29) is 11.0 Å². The first kappa shape index (κ1) is 23.1. The Morgan fingerprint density at radius 1 is 0.917 bits per heavy atom. The van der Waals surface area contributed by atoms with Gasteiger partial charge < -0.3 is 4.74 Å². The Labute approximate surface area is 216 Å². The molecule has 182 valence electrons. The lowest BCUT2D eigenvalue weighted by molar-refractivity contribution is 0.283. The van der Waals surface area contributed by atoms with Gasteiger partial charge in [-0.2, -0.15) is 0 Å². The van der Waals surface area contributed by atoms with Crippen LogP contribution in [-0.4, -0.2) is 16.7 Å². The molecule has 2 aliphatic carbocycles. The van der Waals surface area contributed by atoms with E-state index in [0.717, 1.165) is 60.4 Å². The first-order valence-electron chi connectivity index (χ1n) is 12.8. The second kappa shape index (κ2) is 9.62. The van der Waals surface area contributed by atoms with Crippen molar-refractivity contribution in [3.63, 3.8) is 0 Å². The minimum absolute atomic E-state index is 0.0523. The highest BCUT2D eigenvalue weighted by Gasteiger charge is 2.43. The first-order valence-corrected chi connectivity index (χ1v) is 13.7. The van der Waals surface area contributed by atoms with E-state index in [4.69, 9.17) is 9.72 Å². The van der Waals surface area contributed by atoms with E-state index < -0.39 is 0 Å². The van der Waals surface area contributed by atoms with E-state index in [1.54, 1.807) is 18.9 Å². The predicted molar refractivity (Wildman–Crippen MR) is 146 cm³/mol. The Bertz CT molecular complexity index is 1460. The molecule has 5 heteroatoms. The fraction of sp³-hybridized carbons (Fsp3) is 0.290. The van der Waals surface area contributed by atoms with Crippen LogP contribution in [0.5, 0.6) is 5.75 Å². The van der Waals surface area contributed by atoms with Gasteiger partial charge in [0, 0.05) is 16.7 Å². The molecule has 4 aromatic rings. The maximum absolute atomic E-state index is 14.7. The van der Waals surface area contributed by atoms with E-state index in [1.807, 2.05) is 47.0 Å². The van der Waals surface area contributed by atoms with Gasteiger partial charge in [-0.25, -0.2) is 4.98 Å². The highest BCUT2D eigenvalue weighted by Crippen LogP contribution is 2.49. The fourth-order valence-corrected chi connectivity index (χ4v) is 6.99. The summed E-state index contributed by atoms with van der Waals surface area (Å²) >= 11 is 1.61. The molecule has 0 N–H and O–H groups in total. The average molecular weight is 495 g/mol. The summed E-state index contributed by atoms with van der Waals surface area (Å²) < 4.78 is 7.53. The lowest BCUT2D eigenvalue weighted by Crippen LogP contribution is -2.43. The van der Waals surface area contributed by atoms with Crippen molar-refractivity contribution in [2.24, 2.45) is 0 Å². The van der Waals surface area contributed by atoms with Crippen LogP contribution in [0.1, 0.15) is 48.8 Å². The smallest absolute Gasteiger partial charge is 0.263 e. The lowest BCUT2D eigenvalue weighted by atomic mass is 9.62. The molecule has 0 aliphatic heterocycles. The number of benzene rings is 3. The topological polar surface area (TPSA) is 44.1 Å². The molecule has 0 atom stereocenters. The first-order chi connectivity index (χ1) is 17.7. The minimum atomic E-state index is -0.154. The number of thioether (sulfide) groups is 1. The quantitative estimate of drug-likeness (QED) is 0.222. The van der Waals surface area contributed by atoms with E-state index in [1.165, 1.54) is 17.5 Å². The molecule has 1 aromatic heterocycles. The fourth-order valence-electron chi connectivity index (χ4n) is 6.03. The summed E-state index contributed by atoms with van der Waals surface area (Å²) in [6, 6.07) is 26.7. The molecule has 1 fully saturated rings. The molecular formula is C31H30N2O2S. The maximum Gasteiger partial charge on any atom is 0.263 e. The van der Waals surface area contributed by atoms with Gasteiger partial charge in [0.05, 0.1) is 24.1 Å². The number of methoxy groups -OCH3 is 1. The molecule has 3 aromatic carbocycles. The number of nitrogens with zero attached hydrogens (tertiary/aromatic N) is 2.